The first-order valence-corrected chi connectivity index (χ1v) is 8.79. The summed E-state index contributed by atoms with van der Waals surface area (Å²) in [4.78, 5) is 24.2. The molecule has 3 aromatic rings. The van der Waals surface area contributed by atoms with Gasteiger partial charge < -0.3 is 10.6 Å². The number of amides is 2. The van der Waals surface area contributed by atoms with Gasteiger partial charge in [-0.3, -0.25) is 9.59 Å². The molecule has 0 radical (unpaired) electrons. The number of nitrogens with zero attached hydrogens (tertiary/aromatic N) is 3. The lowest BCUT2D eigenvalue weighted by Gasteiger charge is -2.06. The maximum Gasteiger partial charge on any atom is 0.273 e. The van der Waals surface area contributed by atoms with Crippen LogP contribution in [0.2, 0.25) is 5.02 Å². The average molecular weight is 384 g/mol. The topological polar surface area (TPSA) is 88.9 Å². The lowest BCUT2D eigenvalue weighted by molar-refractivity contribution is 0.0943. The normalized spacial score (nSPS) is 10.4. The number of halogens is 1. The van der Waals surface area contributed by atoms with Crippen LogP contribution in [0.1, 0.15) is 33.3 Å². The summed E-state index contributed by atoms with van der Waals surface area (Å²) in [7, 11) is 0. The van der Waals surface area contributed by atoms with Crippen LogP contribution in [-0.4, -0.2) is 33.4 Å². The monoisotopic (exact) mass is 383 g/mol. The Morgan fingerprint density at radius 2 is 1.89 bits per heavy atom. The molecule has 3 rings (SSSR count). The van der Waals surface area contributed by atoms with Crippen molar-refractivity contribution in [3.8, 4) is 5.69 Å². The van der Waals surface area contributed by atoms with Gasteiger partial charge in [0.05, 0.1) is 16.9 Å². The van der Waals surface area contributed by atoms with Gasteiger partial charge in [0.2, 0.25) is 0 Å². The minimum Gasteiger partial charge on any atom is -0.352 e. The minimum atomic E-state index is -0.364. The number of hydrogen-bond acceptors (Lipinski definition) is 4. The fourth-order valence-corrected chi connectivity index (χ4v) is 2.70. The van der Waals surface area contributed by atoms with Crippen molar-refractivity contribution in [3.05, 3.63) is 76.6 Å². The number of carbonyl (C=O) groups is 2. The molecule has 0 aliphatic carbocycles. The maximum absolute atomic E-state index is 12.3. The highest BCUT2D eigenvalue weighted by Crippen LogP contribution is 2.18. The molecule has 0 atom stereocenters. The highest BCUT2D eigenvalue weighted by molar-refractivity contribution is 6.32. The molecule has 27 heavy (non-hydrogen) atoms. The van der Waals surface area contributed by atoms with E-state index in [1.807, 2.05) is 25.1 Å². The number of rotatable bonds is 6. The number of nitrogens with one attached hydrogen (secondary N) is 2. The van der Waals surface area contributed by atoms with Gasteiger partial charge in [-0.1, -0.05) is 41.1 Å². The Balaban J connectivity index is 1.66. The van der Waals surface area contributed by atoms with Crippen molar-refractivity contribution in [3.63, 3.8) is 0 Å². The Bertz CT molecular complexity index is 970. The summed E-state index contributed by atoms with van der Waals surface area (Å²) in [6, 6.07) is 14.2. The Morgan fingerprint density at radius 1 is 1.07 bits per heavy atom. The van der Waals surface area contributed by atoms with E-state index in [1.165, 1.54) is 10.9 Å². The Labute approximate surface area is 161 Å². The number of benzene rings is 2. The van der Waals surface area contributed by atoms with Crippen LogP contribution in [0.5, 0.6) is 0 Å². The molecule has 0 fully saturated rings. The first-order valence-electron chi connectivity index (χ1n) is 8.41. The van der Waals surface area contributed by atoms with Crippen molar-refractivity contribution >= 4 is 23.4 Å². The first kappa shape index (κ1) is 18.6. The van der Waals surface area contributed by atoms with Crippen LogP contribution >= 0.6 is 11.6 Å². The van der Waals surface area contributed by atoms with Crippen molar-refractivity contribution in [1.82, 2.24) is 25.6 Å². The van der Waals surface area contributed by atoms with Gasteiger partial charge in [0.25, 0.3) is 11.8 Å². The summed E-state index contributed by atoms with van der Waals surface area (Å²) >= 11 is 6.13. The molecule has 0 aliphatic rings. The van der Waals surface area contributed by atoms with Gasteiger partial charge >= 0.3 is 0 Å². The molecule has 2 amide bonds. The van der Waals surface area contributed by atoms with Gasteiger partial charge in [-0.25, -0.2) is 4.68 Å². The number of carbonyl (C=O) groups excluding carboxylic acids is 2. The number of aromatic nitrogens is 3. The third-order valence-corrected chi connectivity index (χ3v) is 4.12. The van der Waals surface area contributed by atoms with E-state index in [4.69, 9.17) is 11.6 Å². The summed E-state index contributed by atoms with van der Waals surface area (Å²) in [5, 5.41) is 13.9. The van der Waals surface area contributed by atoms with Crippen LogP contribution < -0.4 is 10.6 Å². The van der Waals surface area contributed by atoms with Gasteiger partial charge in [-0.15, -0.1) is 5.10 Å². The van der Waals surface area contributed by atoms with E-state index in [0.29, 0.717) is 22.8 Å². The fourth-order valence-electron chi connectivity index (χ4n) is 2.48. The van der Waals surface area contributed by atoms with Gasteiger partial charge in [0.15, 0.2) is 5.69 Å². The van der Waals surface area contributed by atoms with E-state index >= 15 is 0 Å². The fraction of sp³-hybridized carbons (Fsp3) is 0.158. The SMILES string of the molecule is CCNC(=O)c1cccc(CNC(=O)c2cn(-c3ccccc3Cl)nn2)c1. The minimum absolute atomic E-state index is 0.145. The summed E-state index contributed by atoms with van der Waals surface area (Å²) in [6.45, 7) is 2.68. The van der Waals surface area contributed by atoms with Crippen molar-refractivity contribution in [2.75, 3.05) is 6.54 Å². The summed E-state index contributed by atoms with van der Waals surface area (Å²) < 4.78 is 1.45. The number of hydrogen-bond donors (Lipinski definition) is 2. The van der Waals surface area contributed by atoms with E-state index in [1.54, 1.807) is 30.3 Å². The van der Waals surface area contributed by atoms with Crippen LogP contribution in [0, 0.1) is 0 Å². The predicted molar refractivity (Wildman–Crippen MR) is 102 cm³/mol. The molecule has 0 aliphatic heterocycles. The van der Waals surface area contributed by atoms with Crippen LogP contribution in [0.25, 0.3) is 5.69 Å². The summed E-state index contributed by atoms with van der Waals surface area (Å²) in [5.74, 6) is -0.509. The molecule has 0 saturated heterocycles. The zero-order valence-corrected chi connectivity index (χ0v) is 15.4. The van der Waals surface area contributed by atoms with Crippen molar-refractivity contribution in [2.24, 2.45) is 0 Å². The zero-order chi connectivity index (χ0) is 19.2. The summed E-state index contributed by atoms with van der Waals surface area (Å²) in [6.07, 6.45) is 1.52. The maximum atomic E-state index is 12.3. The Hall–Kier alpha value is -3.19. The zero-order valence-electron chi connectivity index (χ0n) is 14.6. The highest BCUT2D eigenvalue weighted by atomic mass is 35.5. The highest BCUT2D eigenvalue weighted by Gasteiger charge is 2.13. The lowest BCUT2D eigenvalue weighted by atomic mass is 10.1. The van der Waals surface area contributed by atoms with E-state index in [9.17, 15) is 9.59 Å². The molecule has 138 valence electrons. The molecule has 0 bridgehead atoms. The van der Waals surface area contributed by atoms with Gasteiger partial charge in [-0.05, 0) is 36.8 Å². The van der Waals surface area contributed by atoms with Gasteiger partial charge in [0, 0.05) is 18.7 Å². The molecule has 0 spiro atoms. The second kappa shape index (κ2) is 8.46. The van der Waals surface area contributed by atoms with Crippen LogP contribution in [0.4, 0.5) is 0 Å². The van der Waals surface area contributed by atoms with E-state index in [0.717, 1.165) is 5.56 Å². The molecule has 7 nitrogen and oxygen atoms in total. The van der Waals surface area contributed by atoms with Gasteiger partial charge in [-0.2, -0.15) is 0 Å². The molecule has 0 saturated carbocycles. The standard InChI is InChI=1S/C19H18ClN5O2/c1-2-21-18(26)14-7-5-6-13(10-14)11-22-19(27)16-12-25(24-23-16)17-9-4-3-8-15(17)20/h3-10,12H,2,11H2,1H3,(H,21,26)(H,22,27). The third kappa shape index (κ3) is 4.51. The predicted octanol–water partition coefficient (Wildman–Crippen LogP) is 2.60. The second-order valence-electron chi connectivity index (χ2n) is 5.74. The lowest BCUT2D eigenvalue weighted by Crippen LogP contribution is -2.24. The number of para-hydroxylation sites is 1. The van der Waals surface area contributed by atoms with E-state index in [-0.39, 0.29) is 24.1 Å². The van der Waals surface area contributed by atoms with E-state index < -0.39 is 0 Å². The molecular formula is C19H18ClN5O2. The quantitative estimate of drug-likeness (QED) is 0.684. The van der Waals surface area contributed by atoms with Crippen molar-refractivity contribution in [2.45, 2.75) is 13.5 Å². The first-order chi connectivity index (χ1) is 13.1. The van der Waals surface area contributed by atoms with Crippen LogP contribution in [0.3, 0.4) is 0 Å². The molecular weight excluding hydrogens is 366 g/mol. The van der Waals surface area contributed by atoms with Crippen molar-refractivity contribution < 1.29 is 9.59 Å². The molecule has 1 aromatic heterocycles. The third-order valence-electron chi connectivity index (χ3n) is 3.80. The molecule has 2 N–H and O–H groups in total. The average Bonchev–Trinajstić information content (AvgIpc) is 3.17. The summed E-state index contributed by atoms with van der Waals surface area (Å²) in [5.41, 5.74) is 2.18. The molecule has 1 heterocycles. The largest absolute Gasteiger partial charge is 0.352 e. The Morgan fingerprint density at radius 3 is 2.67 bits per heavy atom. The van der Waals surface area contributed by atoms with Crippen LogP contribution in [-0.2, 0) is 6.54 Å². The van der Waals surface area contributed by atoms with E-state index in [2.05, 4.69) is 20.9 Å². The molecule has 8 heteroatoms. The Kier molecular flexibility index (Phi) is 5.83. The molecule has 0 unspecified atom stereocenters. The molecule has 2 aromatic carbocycles. The second-order valence-corrected chi connectivity index (χ2v) is 6.15. The smallest absolute Gasteiger partial charge is 0.273 e. The van der Waals surface area contributed by atoms with Crippen molar-refractivity contribution in [1.29, 1.82) is 0 Å². The van der Waals surface area contributed by atoms with Gasteiger partial charge in [0.1, 0.15) is 0 Å². The van der Waals surface area contributed by atoms with Crippen LogP contribution in [0.15, 0.2) is 54.7 Å².